The second-order valence-corrected chi connectivity index (χ2v) is 15.3. The number of rotatable bonds is 6. The van der Waals surface area contributed by atoms with E-state index >= 15 is 0 Å². The summed E-state index contributed by atoms with van der Waals surface area (Å²) in [5, 5.41) is 1.96. The summed E-state index contributed by atoms with van der Waals surface area (Å²) in [5.74, 6) is 1.50. The molecule has 0 unspecified atom stereocenters. The van der Waals surface area contributed by atoms with E-state index in [9.17, 15) is 0 Å². The molecule has 0 fully saturated rings. The van der Waals surface area contributed by atoms with Gasteiger partial charge in [0.05, 0.1) is 60.2 Å². The number of fused-ring (bicyclic) bond motifs is 8. The molecule has 0 spiro atoms. The van der Waals surface area contributed by atoms with Crippen LogP contribution in [0.4, 0.5) is 22.7 Å². The van der Waals surface area contributed by atoms with E-state index in [1.807, 2.05) is 61.0 Å². The van der Waals surface area contributed by atoms with Crippen molar-refractivity contribution in [3.63, 3.8) is 0 Å². The first-order valence-corrected chi connectivity index (χ1v) is 19.1. The first-order valence-electron chi connectivity index (χ1n) is 17.5. The maximum atomic E-state index is 6.18. The highest BCUT2D eigenvalue weighted by atomic mass is 35.5. The van der Waals surface area contributed by atoms with Crippen LogP contribution in [0.15, 0.2) is 119 Å². The Morgan fingerprint density at radius 3 is 1.36 bits per heavy atom. The molecule has 2 aromatic heterocycles. The monoisotopic (exact) mass is 796 g/mol. The normalized spacial score (nSPS) is 13.7. The van der Waals surface area contributed by atoms with Crippen LogP contribution < -0.4 is 9.80 Å². The number of aliphatic imine (C=N–C) groups is 2. The summed E-state index contributed by atoms with van der Waals surface area (Å²) >= 11 is 24.7. The molecular formula is C43H28Cl4N8. The van der Waals surface area contributed by atoms with Gasteiger partial charge in [-0.3, -0.25) is 9.98 Å². The Morgan fingerprint density at radius 2 is 0.927 bits per heavy atom. The zero-order valence-corrected chi connectivity index (χ0v) is 31.9. The Kier molecular flexibility index (Phi) is 8.37. The summed E-state index contributed by atoms with van der Waals surface area (Å²) < 4.78 is 0. The van der Waals surface area contributed by atoms with Gasteiger partial charge in [-0.1, -0.05) is 58.5 Å². The smallest absolute Gasteiger partial charge is 0.138 e. The van der Waals surface area contributed by atoms with Gasteiger partial charge >= 0.3 is 0 Å². The maximum absolute atomic E-state index is 6.18. The van der Waals surface area contributed by atoms with E-state index in [-0.39, 0.29) is 0 Å². The molecule has 6 aromatic carbocycles. The average Bonchev–Trinajstić information content (AvgIpc) is 3.80. The zero-order valence-electron chi connectivity index (χ0n) is 28.9. The molecule has 2 aliphatic heterocycles. The summed E-state index contributed by atoms with van der Waals surface area (Å²) in [5.41, 5.74) is 14.0. The fourth-order valence-electron chi connectivity index (χ4n) is 7.27. The van der Waals surface area contributed by atoms with E-state index in [2.05, 4.69) is 66.1 Å². The minimum absolute atomic E-state index is 0.484. The first kappa shape index (κ1) is 33.9. The number of aromatic amines is 2. The average molecular weight is 799 g/mol. The van der Waals surface area contributed by atoms with Crippen LogP contribution in [0.2, 0.25) is 20.1 Å². The number of nitrogens with zero attached hydrogens (tertiary/aromatic N) is 6. The molecule has 12 heteroatoms. The van der Waals surface area contributed by atoms with E-state index in [1.165, 1.54) is 22.5 Å². The molecule has 268 valence electrons. The summed E-state index contributed by atoms with van der Waals surface area (Å²) in [7, 11) is 0. The van der Waals surface area contributed by atoms with Crippen LogP contribution in [0.5, 0.6) is 0 Å². The van der Waals surface area contributed by atoms with Crippen LogP contribution in [-0.2, 0) is 13.1 Å². The van der Waals surface area contributed by atoms with Crippen LogP contribution in [0, 0.1) is 0 Å². The molecule has 0 radical (unpaired) electrons. The standard InChI is InChI=1S/C43H28Cl4N8/c44-32-15-36-37(16-33(32)45)51-42(50-36)26-3-7-30(8-4-26)48-19-24-1-11-40-28(13-24)21-55-23-54(40)22-29-14-25(2-12-41(29)55)20-49-31-9-5-27(6-10-31)43-52-38-17-34(46)35(47)18-39(38)53-43/h1-20H,21-23H2,(H,50,51)(H,52,53). The number of imidazole rings is 2. The molecule has 2 aliphatic rings. The third-order valence-electron chi connectivity index (χ3n) is 10.0. The van der Waals surface area contributed by atoms with Crippen molar-refractivity contribution in [1.82, 2.24) is 19.9 Å². The van der Waals surface area contributed by atoms with Crippen LogP contribution in [0.3, 0.4) is 0 Å². The van der Waals surface area contributed by atoms with E-state index in [1.54, 1.807) is 24.3 Å². The highest BCUT2D eigenvalue weighted by Crippen LogP contribution is 2.39. The summed E-state index contributed by atoms with van der Waals surface area (Å²) in [6, 6.07) is 36.3. The van der Waals surface area contributed by atoms with E-state index < -0.39 is 0 Å². The number of anilines is 2. The predicted octanol–water partition coefficient (Wildman–Crippen LogP) is 12.2. The van der Waals surface area contributed by atoms with Crippen LogP contribution >= 0.6 is 46.4 Å². The molecule has 55 heavy (non-hydrogen) atoms. The third-order valence-corrected chi connectivity index (χ3v) is 11.5. The second-order valence-electron chi connectivity index (χ2n) is 13.7. The van der Waals surface area contributed by atoms with Gasteiger partial charge in [0.2, 0.25) is 0 Å². The molecule has 2 bridgehead atoms. The van der Waals surface area contributed by atoms with Crippen molar-refractivity contribution in [1.29, 1.82) is 0 Å². The van der Waals surface area contributed by atoms with E-state index in [4.69, 9.17) is 56.4 Å². The molecule has 10 rings (SSSR count). The van der Waals surface area contributed by atoms with Gasteiger partial charge in [-0.15, -0.1) is 0 Å². The molecular weight excluding hydrogens is 770 g/mol. The van der Waals surface area contributed by atoms with Gasteiger partial charge in [-0.2, -0.15) is 0 Å². The van der Waals surface area contributed by atoms with Crippen molar-refractivity contribution in [2.45, 2.75) is 13.1 Å². The minimum Gasteiger partial charge on any atom is -0.349 e. The lowest BCUT2D eigenvalue weighted by Crippen LogP contribution is -2.46. The van der Waals surface area contributed by atoms with Gasteiger partial charge in [-0.05, 0) is 119 Å². The topological polar surface area (TPSA) is 88.6 Å². The summed E-state index contributed by atoms with van der Waals surface area (Å²) in [6.45, 7) is 2.51. The number of H-pyrrole nitrogens is 2. The van der Waals surface area contributed by atoms with Gasteiger partial charge < -0.3 is 19.8 Å². The number of hydrogen-bond acceptors (Lipinski definition) is 6. The highest BCUT2D eigenvalue weighted by Gasteiger charge is 2.29. The predicted molar refractivity (Wildman–Crippen MR) is 228 cm³/mol. The van der Waals surface area contributed by atoms with Crippen molar-refractivity contribution in [3.8, 4) is 22.8 Å². The quantitative estimate of drug-likeness (QED) is 0.164. The number of nitrogens with one attached hydrogen (secondary N) is 2. The zero-order chi connectivity index (χ0) is 37.2. The van der Waals surface area contributed by atoms with Crippen molar-refractivity contribution < 1.29 is 0 Å². The van der Waals surface area contributed by atoms with Gasteiger partial charge in [0.15, 0.2) is 0 Å². The van der Waals surface area contributed by atoms with E-state index in [0.717, 1.165) is 87.1 Å². The Balaban J connectivity index is 0.809. The molecule has 0 saturated carbocycles. The lowest BCUT2D eigenvalue weighted by atomic mass is 9.99. The Bertz CT molecular complexity index is 2590. The van der Waals surface area contributed by atoms with Gasteiger partial charge in [0.25, 0.3) is 0 Å². The summed E-state index contributed by atoms with van der Waals surface area (Å²) in [4.78, 5) is 30.4. The van der Waals surface area contributed by atoms with Crippen LogP contribution in [0.25, 0.3) is 44.8 Å². The molecule has 0 saturated heterocycles. The summed E-state index contributed by atoms with van der Waals surface area (Å²) in [6.07, 6.45) is 3.85. The number of benzene rings is 6. The van der Waals surface area contributed by atoms with Gasteiger partial charge in [0.1, 0.15) is 11.6 Å². The molecule has 8 aromatic rings. The Morgan fingerprint density at radius 1 is 0.509 bits per heavy atom. The van der Waals surface area contributed by atoms with Crippen molar-refractivity contribution in [3.05, 3.63) is 152 Å². The van der Waals surface area contributed by atoms with Crippen molar-refractivity contribution in [2.75, 3.05) is 16.5 Å². The Hall–Kier alpha value is -5.64. The van der Waals surface area contributed by atoms with Gasteiger partial charge in [0, 0.05) is 48.0 Å². The molecule has 0 amide bonds. The van der Waals surface area contributed by atoms with Gasteiger partial charge in [-0.25, -0.2) is 9.97 Å². The minimum atomic E-state index is 0.484. The lowest BCUT2D eigenvalue weighted by Gasteiger charge is -2.45. The molecule has 0 aliphatic carbocycles. The largest absolute Gasteiger partial charge is 0.349 e. The molecule has 8 nitrogen and oxygen atoms in total. The number of aromatic nitrogens is 4. The Labute approximate surface area is 335 Å². The lowest BCUT2D eigenvalue weighted by molar-refractivity contribution is 0.651. The van der Waals surface area contributed by atoms with Crippen LogP contribution in [-0.4, -0.2) is 39.0 Å². The first-order chi connectivity index (χ1) is 26.8. The molecule has 2 N–H and O–H groups in total. The second kappa shape index (κ2) is 13.6. The third kappa shape index (κ3) is 6.51. The van der Waals surface area contributed by atoms with Crippen molar-refractivity contribution in [2.24, 2.45) is 9.98 Å². The fraction of sp³-hybridized carbons (Fsp3) is 0.0698. The SMILES string of the molecule is Clc1cc2nc(-c3ccc(N=Cc4ccc5c(c4)CN4CN5Cc5cc(C=Nc6ccc(-c7nc8cc(Cl)c(Cl)cc8[nH]7)cc6)ccc54)cc3)[nH]c2cc1Cl. The van der Waals surface area contributed by atoms with Crippen LogP contribution in [0.1, 0.15) is 22.3 Å². The number of halogens is 4. The van der Waals surface area contributed by atoms with Crippen molar-refractivity contribution >= 4 is 104 Å². The highest BCUT2D eigenvalue weighted by molar-refractivity contribution is 6.43. The van der Waals surface area contributed by atoms with E-state index in [0.29, 0.717) is 20.1 Å². The maximum Gasteiger partial charge on any atom is 0.138 e. The molecule has 0 atom stereocenters. The number of hydrogen-bond donors (Lipinski definition) is 2. The molecule has 4 heterocycles. The fourth-order valence-corrected chi connectivity index (χ4v) is 7.92.